The Morgan fingerprint density at radius 3 is 2.43 bits per heavy atom. The first-order valence-electron chi connectivity index (χ1n) is 9.93. The summed E-state index contributed by atoms with van der Waals surface area (Å²) in [7, 11) is 1.65. The molecule has 0 spiro atoms. The van der Waals surface area contributed by atoms with Gasteiger partial charge in [-0.15, -0.1) is 23.5 Å². The average Bonchev–Trinajstić information content (AvgIpc) is 2.70. The van der Waals surface area contributed by atoms with E-state index in [1.807, 2.05) is 38.1 Å². The molecule has 1 saturated heterocycles. The molecule has 162 valence electrons. The third kappa shape index (κ3) is 4.37. The molecule has 0 aliphatic carbocycles. The Morgan fingerprint density at radius 1 is 1.17 bits per heavy atom. The summed E-state index contributed by atoms with van der Waals surface area (Å²) in [5.41, 5.74) is 2.20. The normalized spacial score (nSPS) is 15.7. The third-order valence-corrected chi connectivity index (χ3v) is 8.04. The number of benzene rings is 2. The zero-order chi connectivity index (χ0) is 21.9. The summed E-state index contributed by atoms with van der Waals surface area (Å²) in [4.78, 5) is 11.9. The van der Waals surface area contributed by atoms with Gasteiger partial charge in [-0.3, -0.25) is 4.79 Å². The van der Waals surface area contributed by atoms with Gasteiger partial charge in [0.2, 0.25) is 0 Å². The average molecular weight is 449 g/mol. The summed E-state index contributed by atoms with van der Waals surface area (Å²) < 4.78 is 16.8. The summed E-state index contributed by atoms with van der Waals surface area (Å²) in [6.07, 6.45) is 0.892. The van der Waals surface area contributed by atoms with E-state index in [1.54, 1.807) is 43.6 Å². The molecule has 1 heterocycles. The highest BCUT2D eigenvalue weighted by molar-refractivity contribution is 8.18. The van der Waals surface area contributed by atoms with E-state index >= 15 is 0 Å². The van der Waals surface area contributed by atoms with Crippen LogP contribution < -0.4 is 14.2 Å². The molecule has 0 saturated carbocycles. The number of carbonyl (C=O) groups is 1. The number of ether oxygens (including phenoxy) is 3. The van der Waals surface area contributed by atoms with Gasteiger partial charge in [-0.25, -0.2) is 0 Å². The Morgan fingerprint density at radius 2 is 1.83 bits per heavy atom. The molecular formula is C23H28O5S2. The zero-order valence-electron chi connectivity index (χ0n) is 18.0. The second kappa shape index (κ2) is 9.43. The molecule has 1 aliphatic rings. The quantitative estimate of drug-likeness (QED) is 0.463. The van der Waals surface area contributed by atoms with E-state index in [1.165, 1.54) is 6.92 Å². The van der Waals surface area contributed by atoms with E-state index < -0.39 is 10.0 Å². The number of hydrogen-bond donors (Lipinski definition) is 1. The smallest absolute Gasteiger partial charge is 0.308 e. The van der Waals surface area contributed by atoms with Crippen molar-refractivity contribution in [2.24, 2.45) is 0 Å². The molecule has 5 nitrogen and oxygen atoms in total. The number of phenolic OH excluding ortho intramolecular Hbond substituents is 1. The minimum Gasteiger partial charge on any atom is -0.507 e. The van der Waals surface area contributed by atoms with Gasteiger partial charge in [0, 0.05) is 12.5 Å². The van der Waals surface area contributed by atoms with Crippen LogP contribution in [-0.4, -0.2) is 35.8 Å². The highest BCUT2D eigenvalue weighted by atomic mass is 32.2. The molecular weight excluding hydrogens is 420 g/mol. The van der Waals surface area contributed by atoms with Crippen LogP contribution in [0, 0.1) is 6.92 Å². The predicted octanol–water partition coefficient (Wildman–Crippen LogP) is 5.49. The van der Waals surface area contributed by atoms with Crippen LogP contribution in [0.4, 0.5) is 0 Å². The number of hydrogen-bond acceptors (Lipinski definition) is 7. The van der Waals surface area contributed by atoms with Gasteiger partial charge in [0.15, 0.2) is 11.5 Å². The maximum Gasteiger partial charge on any atom is 0.308 e. The molecule has 1 fully saturated rings. The van der Waals surface area contributed by atoms with E-state index in [-0.39, 0.29) is 11.9 Å². The lowest BCUT2D eigenvalue weighted by atomic mass is 9.98. The molecule has 0 unspecified atom stereocenters. The summed E-state index contributed by atoms with van der Waals surface area (Å²) in [5.74, 6) is 3.02. The molecule has 3 rings (SSSR count). The van der Waals surface area contributed by atoms with E-state index in [2.05, 4.69) is 0 Å². The van der Waals surface area contributed by atoms with Crippen molar-refractivity contribution in [3.8, 4) is 23.0 Å². The van der Waals surface area contributed by atoms with Crippen LogP contribution >= 0.6 is 23.5 Å². The Labute approximate surface area is 186 Å². The summed E-state index contributed by atoms with van der Waals surface area (Å²) in [6.45, 7) is 6.99. The predicted molar refractivity (Wildman–Crippen MR) is 123 cm³/mol. The first-order chi connectivity index (χ1) is 14.3. The van der Waals surface area contributed by atoms with E-state index in [0.29, 0.717) is 22.6 Å². The van der Waals surface area contributed by atoms with Crippen LogP contribution in [0.2, 0.25) is 0 Å². The summed E-state index contributed by atoms with van der Waals surface area (Å²) in [5, 5.41) is 11.2. The van der Waals surface area contributed by atoms with Crippen molar-refractivity contribution < 1.29 is 24.1 Å². The van der Waals surface area contributed by atoms with Crippen molar-refractivity contribution in [3.05, 3.63) is 47.0 Å². The van der Waals surface area contributed by atoms with Crippen LogP contribution in [0.25, 0.3) is 0 Å². The SMILES string of the molecule is COc1ccccc1C1(c2c(O)cc(C)c(OC(C)=O)c2OC(C)C)SCCCS1. The van der Waals surface area contributed by atoms with Gasteiger partial charge in [-0.05, 0) is 56.4 Å². The highest BCUT2D eigenvalue weighted by Gasteiger charge is 2.45. The largest absolute Gasteiger partial charge is 0.507 e. The number of phenols is 1. The molecule has 0 aromatic heterocycles. The van der Waals surface area contributed by atoms with Crippen molar-refractivity contribution in [1.82, 2.24) is 0 Å². The molecule has 7 heteroatoms. The number of rotatable bonds is 6. The maximum absolute atomic E-state index is 11.9. The van der Waals surface area contributed by atoms with Gasteiger partial charge in [-0.1, -0.05) is 18.2 Å². The second-order valence-electron chi connectivity index (χ2n) is 7.37. The monoisotopic (exact) mass is 448 g/mol. The number of methoxy groups -OCH3 is 1. The highest BCUT2D eigenvalue weighted by Crippen LogP contribution is 2.62. The zero-order valence-corrected chi connectivity index (χ0v) is 19.6. The minimum atomic E-state index is -0.665. The van der Waals surface area contributed by atoms with Gasteiger partial charge in [-0.2, -0.15) is 0 Å². The number of thioether (sulfide) groups is 2. The lowest BCUT2D eigenvalue weighted by Gasteiger charge is -2.39. The Bertz CT molecular complexity index is 920. The lowest BCUT2D eigenvalue weighted by molar-refractivity contribution is -0.132. The van der Waals surface area contributed by atoms with Crippen LogP contribution in [0.3, 0.4) is 0 Å². The van der Waals surface area contributed by atoms with Gasteiger partial charge >= 0.3 is 5.97 Å². The maximum atomic E-state index is 11.9. The number of aryl methyl sites for hydroxylation is 1. The Hall–Kier alpha value is -1.99. The Balaban J connectivity index is 2.37. The first-order valence-corrected chi connectivity index (χ1v) is 11.9. The molecule has 2 aromatic rings. The summed E-state index contributed by atoms with van der Waals surface area (Å²) >= 11 is 3.48. The van der Waals surface area contributed by atoms with Gasteiger partial charge in [0.1, 0.15) is 15.6 Å². The van der Waals surface area contributed by atoms with Crippen molar-refractivity contribution >= 4 is 29.5 Å². The van der Waals surface area contributed by atoms with Crippen molar-refractivity contribution in [2.75, 3.05) is 18.6 Å². The number of carbonyl (C=O) groups excluding carboxylic acids is 1. The fraction of sp³-hybridized carbons (Fsp3) is 0.435. The molecule has 30 heavy (non-hydrogen) atoms. The second-order valence-corrected chi connectivity index (χ2v) is 10.3. The fourth-order valence-corrected chi connectivity index (χ4v) is 7.07. The first kappa shape index (κ1) is 22.7. The van der Waals surface area contributed by atoms with Gasteiger partial charge < -0.3 is 19.3 Å². The number of para-hydroxylation sites is 1. The van der Waals surface area contributed by atoms with E-state index in [9.17, 15) is 9.90 Å². The fourth-order valence-electron chi connectivity index (χ4n) is 3.57. The minimum absolute atomic E-state index is 0.117. The van der Waals surface area contributed by atoms with E-state index in [4.69, 9.17) is 14.2 Å². The molecule has 0 radical (unpaired) electrons. The van der Waals surface area contributed by atoms with Gasteiger partial charge in [0.25, 0.3) is 0 Å². The molecule has 0 bridgehead atoms. The van der Waals surface area contributed by atoms with Crippen molar-refractivity contribution in [2.45, 2.75) is 44.3 Å². The van der Waals surface area contributed by atoms with Crippen LogP contribution in [0.1, 0.15) is 43.9 Å². The topological polar surface area (TPSA) is 65.0 Å². The Kier molecular flexibility index (Phi) is 7.14. The molecule has 1 N–H and O–H groups in total. The van der Waals surface area contributed by atoms with Crippen molar-refractivity contribution in [3.63, 3.8) is 0 Å². The number of esters is 1. The van der Waals surface area contributed by atoms with Gasteiger partial charge in [0.05, 0.1) is 18.8 Å². The standard InChI is InChI=1S/C23H28O5S2/c1-14(2)27-22-20(18(25)13-15(3)21(22)28-16(4)24)23(29-11-8-12-30-23)17-9-6-7-10-19(17)26-5/h6-7,9-10,13-14,25H,8,11-12H2,1-5H3. The molecule has 2 aromatic carbocycles. The van der Waals surface area contributed by atoms with Crippen molar-refractivity contribution in [1.29, 1.82) is 0 Å². The molecule has 0 atom stereocenters. The van der Waals surface area contributed by atoms with Crippen LogP contribution in [0.5, 0.6) is 23.0 Å². The van der Waals surface area contributed by atoms with Crippen LogP contribution in [-0.2, 0) is 8.87 Å². The molecule has 0 amide bonds. The van der Waals surface area contributed by atoms with E-state index in [0.717, 1.165) is 29.2 Å². The van der Waals surface area contributed by atoms with Crippen LogP contribution in [0.15, 0.2) is 30.3 Å². The lowest BCUT2D eigenvalue weighted by Crippen LogP contribution is -2.27. The third-order valence-electron chi connectivity index (χ3n) is 4.69. The molecule has 1 aliphatic heterocycles. The summed E-state index contributed by atoms with van der Waals surface area (Å²) in [6, 6.07) is 9.49. The number of aromatic hydroxyl groups is 1.